The Bertz CT molecular complexity index is 460. The summed E-state index contributed by atoms with van der Waals surface area (Å²) in [7, 11) is 1.43. The summed E-state index contributed by atoms with van der Waals surface area (Å²) in [4.78, 5) is 12.1. The van der Waals surface area contributed by atoms with Crippen LogP contribution in [-0.4, -0.2) is 36.4 Å². The number of esters is 1. The highest BCUT2D eigenvalue weighted by Gasteiger charge is 2.49. The van der Waals surface area contributed by atoms with Crippen molar-refractivity contribution in [1.82, 2.24) is 5.32 Å². The van der Waals surface area contributed by atoms with Crippen LogP contribution in [0.25, 0.3) is 0 Å². The molecule has 102 valence electrons. The largest absolute Gasteiger partial charge is 0.469 e. The van der Waals surface area contributed by atoms with Crippen LogP contribution in [0.2, 0.25) is 0 Å². The molecule has 1 aromatic carbocycles. The summed E-state index contributed by atoms with van der Waals surface area (Å²) in [5.74, 6) is -0.262. The summed E-state index contributed by atoms with van der Waals surface area (Å²) in [6.07, 6.45) is 1.06. The molecule has 2 N–H and O–H groups in total. The Labute approximate surface area is 112 Å². The fourth-order valence-corrected chi connectivity index (χ4v) is 3.56. The van der Waals surface area contributed by atoms with E-state index in [1.165, 1.54) is 7.11 Å². The lowest BCUT2D eigenvalue weighted by Crippen LogP contribution is -2.49. The summed E-state index contributed by atoms with van der Waals surface area (Å²) in [5, 5.41) is 13.4. The van der Waals surface area contributed by atoms with Crippen LogP contribution in [0.15, 0.2) is 30.3 Å². The minimum absolute atomic E-state index is 0.0198. The lowest BCUT2D eigenvalue weighted by atomic mass is 9.77. The molecule has 0 aromatic heterocycles. The molecule has 5 unspecified atom stereocenters. The van der Waals surface area contributed by atoms with Crippen LogP contribution < -0.4 is 5.32 Å². The Morgan fingerprint density at radius 1 is 1.26 bits per heavy atom. The highest BCUT2D eigenvalue weighted by atomic mass is 16.5. The average molecular weight is 261 g/mol. The molecule has 0 radical (unpaired) electrons. The van der Waals surface area contributed by atoms with Gasteiger partial charge in [-0.2, -0.15) is 0 Å². The van der Waals surface area contributed by atoms with Crippen molar-refractivity contribution in [2.45, 2.75) is 36.9 Å². The van der Waals surface area contributed by atoms with Gasteiger partial charge in [0.05, 0.1) is 19.1 Å². The third-order valence-corrected chi connectivity index (χ3v) is 4.46. The first-order chi connectivity index (χ1) is 9.20. The molecule has 2 aliphatic rings. The molecule has 1 aromatic rings. The number of aliphatic hydroxyl groups is 1. The number of carbonyl (C=O) groups excluding carboxylic acids is 1. The van der Waals surface area contributed by atoms with Gasteiger partial charge in [-0.15, -0.1) is 0 Å². The fourth-order valence-electron chi connectivity index (χ4n) is 3.56. The van der Waals surface area contributed by atoms with E-state index in [1.807, 2.05) is 18.2 Å². The number of nitrogens with one attached hydrogen (secondary N) is 1. The van der Waals surface area contributed by atoms with Crippen molar-refractivity contribution in [3.8, 4) is 0 Å². The second-order valence-corrected chi connectivity index (χ2v) is 5.48. The van der Waals surface area contributed by atoms with Gasteiger partial charge in [0.1, 0.15) is 0 Å². The van der Waals surface area contributed by atoms with Gasteiger partial charge in [0.25, 0.3) is 0 Å². The quantitative estimate of drug-likeness (QED) is 0.781. The van der Waals surface area contributed by atoms with Gasteiger partial charge in [0.2, 0.25) is 0 Å². The molecule has 5 atom stereocenters. The molecule has 0 amide bonds. The topological polar surface area (TPSA) is 58.6 Å². The van der Waals surface area contributed by atoms with Crippen molar-refractivity contribution in [2.75, 3.05) is 7.11 Å². The van der Waals surface area contributed by atoms with Gasteiger partial charge in [-0.25, -0.2) is 0 Å². The molecule has 4 nitrogen and oxygen atoms in total. The van der Waals surface area contributed by atoms with E-state index in [1.54, 1.807) is 0 Å². The number of rotatable bonds is 2. The first kappa shape index (κ1) is 12.6. The number of aliphatic hydroxyl groups excluding tert-OH is 1. The van der Waals surface area contributed by atoms with Crippen LogP contribution in [0.5, 0.6) is 0 Å². The minimum Gasteiger partial charge on any atom is -0.469 e. The number of methoxy groups -OCH3 is 1. The highest BCUT2D eigenvalue weighted by Crippen LogP contribution is 2.42. The molecule has 0 saturated carbocycles. The predicted octanol–water partition coefficient (Wildman–Crippen LogP) is 1.05. The van der Waals surface area contributed by atoms with Crippen LogP contribution in [0.1, 0.15) is 24.3 Å². The van der Waals surface area contributed by atoms with Gasteiger partial charge in [-0.3, -0.25) is 4.79 Å². The van der Waals surface area contributed by atoms with Crippen LogP contribution in [0.3, 0.4) is 0 Å². The smallest absolute Gasteiger partial charge is 0.310 e. The zero-order valence-electron chi connectivity index (χ0n) is 11.0. The number of benzene rings is 1. The molecule has 2 aliphatic heterocycles. The van der Waals surface area contributed by atoms with Crippen LogP contribution in [0, 0.1) is 5.92 Å². The summed E-state index contributed by atoms with van der Waals surface area (Å²) < 4.78 is 4.97. The number of fused-ring (bicyclic) bond motifs is 2. The normalized spacial score (nSPS) is 37.1. The monoisotopic (exact) mass is 261 g/mol. The molecular weight excluding hydrogens is 242 g/mol. The highest BCUT2D eigenvalue weighted by molar-refractivity contribution is 5.75. The van der Waals surface area contributed by atoms with Crippen LogP contribution in [-0.2, 0) is 9.53 Å². The summed E-state index contributed by atoms with van der Waals surface area (Å²) >= 11 is 0. The maximum atomic E-state index is 12.1. The number of carbonyl (C=O) groups is 1. The molecule has 3 rings (SSSR count). The number of ether oxygens (including phenoxy) is 1. The molecular formula is C15H19NO3. The molecule has 2 bridgehead atoms. The second-order valence-electron chi connectivity index (χ2n) is 5.48. The maximum Gasteiger partial charge on any atom is 0.310 e. The van der Waals surface area contributed by atoms with Crippen molar-refractivity contribution in [3.05, 3.63) is 35.9 Å². The summed E-state index contributed by atoms with van der Waals surface area (Å²) in [5.41, 5.74) is 1.16. The molecule has 0 aliphatic carbocycles. The van der Waals surface area contributed by atoms with E-state index in [4.69, 9.17) is 4.74 Å². The average Bonchev–Trinajstić information content (AvgIpc) is 2.74. The van der Waals surface area contributed by atoms with Gasteiger partial charge < -0.3 is 15.2 Å². The first-order valence-corrected chi connectivity index (χ1v) is 6.77. The number of hydrogen-bond donors (Lipinski definition) is 2. The zero-order valence-corrected chi connectivity index (χ0v) is 11.0. The maximum absolute atomic E-state index is 12.1. The van der Waals surface area contributed by atoms with Gasteiger partial charge >= 0.3 is 5.97 Å². The van der Waals surface area contributed by atoms with E-state index in [0.717, 1.165) is 12.0 Å². The molecule has 2 fully saturated rings. The standard InChI is InChI=1S/C15H19NO3/c1-19-15(18)14-10(9-5-3-2-4-6-9)7-11-13(17)8-12(14)16-11/h2-6,10-14,16-17H,7-8H2,1H3. The second kappa shape index (κ2) is 4.94. The zero-order chi connectivity index (χ0) is 13.4. The van der Waals surface area contributed by atoms with E-state index in [2.05, 4.69) is 17.4 Å². The minimum atomic E-state index is -0.356. The summed E-state index contributed by atoms with van der Waals surface area (Å²) in [6.45, 7) is 0. The first-order valence-electron chi connectivity index (χ1n) is 6.77. The van der Waals surface area contributed by atoms with Crippen LogP contribution >= 0.6 is 0 Å². The molecule has 2 heterocycles. The van der Waals surface area contributed by atoms with Crippen molar-refractivity contribution < 1.29 is 14.6 Å². The lowest BCUT2D eigenvalue weighted by molar-refractivity contribution is -0.148. The summed E-state index contributed by atoms with van der Waals surface area (Å²) in [6, 6.07) is 10.2. The third kappa shape index (κ3) is 2.15. The fraction of sp³-hybridized carbons (Fsp3) is 0.533. The lowest BCUT2D eigenvalue weighted by Gasteiger charge is -2.36. The van der Waals surface area contributed by atoms with E-state index >= 15 is 0 Å². The Morgan fingerprint density at radius 3 is 2.68 bits per heavy atom. The van der Waals surface area contributed by atoms with E-state index < -0.39 is 0 Å². The van der Waals surface area contributed by atoms with Gasteiger partial charge in [0.15, 0.2) is 0 Å². The van der Waals surface area contributed by atoms with E-state index in [9.17, 15) is 9.90 Å². The van der Waals surface area contributed by atoms with Gasteiger partial charge in [-0.05, 0) is 18.4 Å². The molecule has 19 heavy (non-hydrogen) atoms. The van der Waals surface area contributed by atoms with Crippen LogP contribution in [0.4, 0.5) is 0 Å². The van der Waals surface area contributed by atoms with Gasteiger partial charge in [0, 0.05) is 18.0 Å². The van der Waals surface area contributed by atoms with E-state index in [-0.39, 0.29) is 36.0 Å². The molecule has 2 saturated heterocycles. The SMILES string of the molecule is COC(=O)C1C2CC(O)C(CC1c1ccccc1)N2. The molecule has 0 spiro atoms. The Balaban J connectivity index is 1.94. The van der Waals surface area contributed by atoms with Crippen molar-refractivity contribution >= 4 is 5.97 Å². The Morgan fingerprint density at radius 2 is 2.00 bits per heavy atom. The number of hydrogen-bond acceptors (Lipinski definition) is 4. The Hall–Kier alpha value is -1.39. The number of piperidine rings is 1. The van der Waals surface area contributed by atoms with Gasteiger partial charge in [-0.1, -0.05) is 30.3 Å². The molecule has 4 heteroatoms. The van der Waals surface area contributed by atoms with E-state index in [0.29, 0.717) is 6.42 Å². The Kier molecular flexibility index (Phi) is 3.29. The van der Waals surface area contributed by atoms with Crippen molar-refractivity contribution in [3.63, 3.8) is 0 Å². The predicted molar refractivity (Wildman–Crippen MR) is 70.6 cm³/mol. The van der Waals surface area contributed by atoms with Crippen molar-refractivity contribution in [1.29, 1.82) is 0 Å². The van der Waals surface area contributed by atoms with Crippen molar-refractivity contribution in [2.24, 2.45) is 5.92 Å². The third-order valence-electron chi connectivity index (χ3n) is 4.46.